The van der Waals surface area contributed by atoms with Gasteiger partial charge in [0.15, 0.2) is 0 Å². The fraction of sp³-hybridized carbons (Fsp3) is 0.286. The number of nitrogens with one attached hydrogen (secondary N) is 1. The Morgan fingerprint density at radius 2 is 2.15 bits per heavy atom. The summed E-state index contributed by atoms with van der Waals surface area (Å²) in [7, 11) is 0. The Kier molecular flexibility index (Phi) is 5.23. The molecule has 5 nitrogen and oxygen atoms in total. The van der Waals surface area contributed by atoms with Crippen LogP contribution >= 0.6 is 11.3 Å². The number of rotatable bonds is 7. The summed E-state index contributed by atoms with van der Waals surface area (Å²) in [6.45, 7) is 1.03. The highest BCUT2D eigenvalue weighted by atomic mass is 32.1. The summed E-state index contributed by atoms with van der Waals surface area (Å²) in [5.41, 5.74) is 1.75. The molecule has 0 fully saturated rings. The van der Waals surface area contributed by atoms with Gasteiger partial charge in [0.2, 0.25) is 0 Å². The van der Waals surface area contributed by atoms with Crippen LogP contribution in [0.25, 0.3) is 0 Å². The fourth-order valence-corrected chi connectivity index (χ4v) is 2.65. The molecule has 0 saturated heterocycles. The second-order valence-electron chi connectivity index (χ2n) is 4.41. The summed E-state index contributed by atoms with van der Waals surface area (Å²) in [5, 5.41) is 27.7. The molecule has 0 amide bonds. The molecule has 2 N–H and O–H groups in total. The highest BCUT2D eigenvalue weighted by Crippen LogP contribution is 2.18. The molecule has 0 spiro atoms. The number of nitro groups is 1. The first-order valence-electron chi connectivity index (χ1n) is 6.31. The monoisotopic (exact) mass is 292 g/mol. The lowest BCUT2D eigenvalue weighted by molar-refractivity contribution is -0.385. The van der Waals surface area contributed by atoms with Gasteiger partial charge in [0.05, 0.1) is 11.0 Å². The van der Waals surface area contributed by atoms with E-state index in [4.69, 9.17) is 0 Å². The van der Waals surface area contributed by atoms with Crippen LogP contribution < -0.4 is 5.32 Å². The number of aliphatic hydroxyl groups excluding tert-OH is 1. The molecule has 0 aliphatic rings. The van der Waals surface area contributed by atoms with Crippen molar-refractivity contribution in [3.8, 4) is 0 Å². The molecule has 1 aromatic carbocycles. The van der Waals surface area contributed by atoms with E-state index in [1.807, 2.05) is 16.8 Å². The van der Waals surface area contributed by atoms with Gasteiger partial charge >= 0.3 is 0 Å². The van der Waals surface area contributed by atoms with Crippen LogP contribution in [-0.2, 0) is 6.42 Å². The maximum Gasteiger partial charge on any atom is 0.272 e. The highest BCUT2D eigenvalue weighted by molar-refractivity contribution is 7.07. The van der Waals surface area contributed by atoms with E-state index in [0.717, 1.165) is 5.56 Å². The number of hydrogen-bond donors (Lipinski definition) is 2. The maximum absolute atomic E-state index is 10.9. The Hall–Kier alpha value is -1.76. The van der Waals surface area contributed by atoms with Crippen LogP contribution in [-0.4, -0.2) is 23.1 Å². The second kappa shape index (κ2) is 7.14. The third-order valence-corrected chi connectivity index (χ3v) is 3.73. The Labute approximate surface area is 121 Å². The van der Waals surface area contributed by atoms with Gasteiger partial charge in [-0.05, 0) is 35.4 Å². The third kappa shape index (κ3) is 3.86. The first-order chi connectivity index (χ1) is 9.68. The molecule has 1 unspecified atom stereocenters. The van der Waals surface area contributed by atoms with Crippen molar-refractivity contribution < 1.29 is 10.0 Å². The Morgan fingerprint density at radius 3 is 2.85 bits per heavy atom. The molecule has 1 atom stereocenters. The Bertz CT molecular complexity index is 557. The maximum atomic E-state index is 10.9. The van der Waals surface area contributed by atoms with Crippen LogP contribution in [0.4, 0.5) is 5.69 Å². The highest BCUT2D eigenvalue weighted by Gasteiger charge is 2.12. The zero-order valence-electron chi connectivity index (χ0n) is 10.9. The summed E-state index contributed by atoms with van der Waals surface area (Å²) < 4.78 is 0. The van der Waals surface area contributed by atoms with Gasteiger partial charge in [-0.3, -0.25) is 10.1 Å². The number of para-hydroxylation sites is 1. The molecule has 1 heterocycles. The molecule has 1 aromatic heterocycles. The van der Waals surface area contributed by atoms with Gasteiger partial charge in [-0.25, -0.2) is 0 Å². The van der Waals surface area contributed by atoms with E-state index in [0.29, 0.717) is 25.1 Å². The first-order valence-corrected chi connectivity index (χ1v) is 7.26. The van der Waals surface area contributed by atoms with Gasteiger partial charge in [0.25, 0.3) is 5.69 Å². The van der Waals surface area contributed by atoms with Crippen LogP contribution in [0.15, 0.2) is 41.1 Å². The summed E-state index contributed by atoms with van der Waals surface area (Å²) >= 11 is 1.55. The predicted molar refractivity (Wildman–Crippen MR) is 78.9 cm³/mol. The van der Waals surface area contributed by atoms with Crippen molar-refractivity contribution in [1.82, 2.24) is 5.32 Å². The minimum absolute atomic E-state index is 0.146. The molecule has 6 heteroatoms. The molecule has 0 saturated carbocycles. The lowest BCUT2D eigenvalue weighted by Crippen LogP contribution is -2.23. The molecule has 0 bridgehead atoms. The second-order valence-corrected chi connectivity index (χ2v) is 5.19. The van der Waals surface area contributed by atoms with Crippen molar-refractivity contribution in [2.75, 3.05) is 13.1 Å². The lowest BCUT2D eigenvalue weighted by atomic mass is 10.1. The van der Waals surface area contributed by atoms with Gasteiger partial charge in [-0.15, -0.1) is 0 Å². The van der Waals surface area contributed by atoms with E-state index in [1.165, 1.54) is 6.07 Å². The summed E-state index contributed by atoms with van der Waals surface area (Å²) in [6, 6.07) is 8.61. The molecule has 20 heavy (non-hydrogen) atoms. The molecule has 2 aromatic rings. The molecular formula is C14H16N2O3S. The average molecular weight is 292 g/mol. The van der Waals surface area contributed by atoms with Gasteiger partial charge < -0.3 is 10.4 Å². The number of hydrogen-bond acceptors (Lipinski definition) is 5. The molecule has 0 aliphatic carbocycles. The number of benzene rings is 1. The molecule has 2 rings (SSSR count). The van der Waals surface area contributed by atoms with Crippen molar-refractivity contribution in [1.29, 1.82) is 0 Å². The molecular weight excluding hydrogens is 276 g/mol. The fourth-order valence-electron chi connectivity index (χ4n) is 1.94. The van der Waals surface area contributed by atoms with Crippen molar-refractivity contribution in [3.05, 3.63) is 62.3 Å². The molecule has 0 radical (unpaired) electrons. The normalized spacial score (nSPS) is 12.2. The predicted octanol–water partition coefficient (Wildman–Crippen LogP) is 2.52. The van der Waals surface area contributed by atoms with E-state index in [1.54, 1.807) is 29.5 Å². The van der Waals surface area contributed by atoms with Crippen molar-refractivity contribution >= 4 is 17.0 Å². The van der Waals surface area contributed by atoms with Crippen LogP contribution in [0.5, 0.6) is 0 Å². The molecule has 0 aliphatic heterocycles. The van der Waals surface area contributed by atoms with Crippen molar-refractivity contribution in [2.24, 2.45) is 0 Å². The van der Waals surface area contributed by atoms with E-state index in [2.05, 4.69) is 5.32 Å². The van der Waals surface area contributed by atoms with Crippen molar-refractivity contribution in [2.45, 2.75) is 12.5 Å². The smallest absolute Gasteiger partial charge is 0.272 e. The first kappa shape index (κ1) is 14.6. The van der Waals surface area contributed by atoms with E-state index in [-0.39, 0.29) is 10.6 Å². The number of nitrogens with zero attached hydrogens (tertiary/aromatic N) is 1. The standard InChI is InChI=1S/C14H16N2O3S/c17-14(12-6-8-20-10-12)9-15-7-5-11-3-1-2-4-13(11)16(18)19/h1-4,6,8,10,14-15,17H,5,7,9H2. The zero-order chi connectivity index (χ0) is 14.4. The summed E-state index contributed by atoms with van der Waals surface area (Å²) in [4.78, 5) is 10.5. The Balaban J connectivity index is 1.80. The largest absolute Gasteiger partial charge is 0.387 e. The number of aliphatic hydroxyl groups is 1. The minimum atomic E-state index is -0.535. The van der Waals surface area contributed by atoms with E-state index >= 15 is 0 Å². The third-order valence-electron chi connectivity index (χ3n) is 3.03. The van der Waals surface area contributed by atoms with E-state index in [9.17, 15) is 15.2 Å². The quantitative estimate of drug-likeness (QED) is 0.467. The van der Waals surface area contributed by atoms with Crippen LogP contribution in [0.2, 0.25) is 0 Å². The molecule has 106 valence electrons. The van der Waals surface area contributed by atoms with Gasteiger partial charge in [-0.2, -0.15) is 11.3 Å². The van der Waals surface area contributed by atoms with Gasteiger partial charge in [0, 0.05) is 18.2 Å². The van der Waals surface area contributed by atoms with Gasteiger partial charge in [-0.1, -0.05) is 18.2 Å². The summed E-state index contributed by atoms with van der Waals surface area (Å²) in [6.07, 6.45) is 0.0278. The SMILES string of the molecule is O=[N+]([O-])c1ccccc1CCNCC(O)c1ccsc1. The van der Waals surface area contributed by atoms with E-state index < -0.39 is 6.10 Å². The Morgan fingerprint density at radius 1 is 1.35 bits per heavy atom. The van der Waals surface area contributed by atoms with Gasteiger partial charge in [0.1, 0.15) is 0 Å². The lowest BCUT2D eigenvalue weighted by Gasteiger charge is -2.10. The summed E-state index contributed by atoms with van der Waals surface area (Å²) in [5.74, 6) is 0. The number of nitro benzene ring substituents is 1. The van der Waals surface area contributed by atoms with Crippen LogP contribution in [0.3, 0.4) is 0 Å². The zero-order valence-corrected chi connectivity index (χ0v) is 11.7. The van der Waals surface area contributed by atoms with Crippen molar-refractivity contribution in [3.63, 3.8) is 0 Å². The van der Waals surface area contributed by atoms with Crippen LogP contribution in [0, 0.1) is 10.1 Å². The van der Waals surface area contributed by atoms with Crippen LogP contribution in [0.1, 0.15) is 17.2 Å². The number of thiophene rings is 1. The topological polar surface area (TPSA) is 75.4 Å². The average Bonchev–Trinajstić information content (AvgIpc) is 2.98. The minimum Gasteiger partial charge on any atom is -0.387 e.